The van der Waals surface area contributed by atoms with E-state index in [0.29, 0.717) is 18.4 Å². The summed E-state index contributed by atoms with van der Waals surface area (Å²) >= 11 is 0. The monoisotopic (exact) mass is 339 g/mol. The van der Waals surface area contributed by atoms with Crippen molar-refractivity contribution in [3.63, 3.8) is 0 Å². The van der Waals surface area contributed by atoms with Gasteiger partial charge in [-0.1, -0.05) is 6.08 Å². The second-order valence-corrected chi connectivity index (χ2v) is 6.40. The van der Waals surface area contributed by atoms with E-state index in [1.54, 1.807) is 19.9 Å². The van der Waals surface area contributed by atoms with Crippen molar-refractivity contribution in [1.82, 2.24) is 4.90 Å². The highest BCUT2D eigenvalue weighted by molar-refractivity contribution is 5.87. The van der Waals surface area contributed by atoms with Crippen molar-refractivity contribution in [2.24, 2.45) is 0 Å². The van der Waals surface area contributed by atoms with E-state index in [2.05, 4.69) is 9.64 Å². The Balaban J connectivity index is 1.91. The molecule has 7 heteroatoms. The first-order chi connectivity index (χ1) is 11.3. The first-order valence-electron chi connectivity index (χ1n) is 8.20. The maximum Gasteiger partial charge on any atom is 0.344 e. The van der Waals surface area contributed by atoms with Crippen LogP contribution in [0.5, 0.6) is 0 Å². The van der Waals surface area contributed by atoms with Crippen LogP contribution in [0.3, 0.4) is 0 Å². The molecular weight excluding hydrogens is 314 g/mol. The van der Waals surface area contributed by atoms with Crippen LogP contribution < -0.4 is 0 Å². The predicted octanol–water partition coefficient (Wildman–Crippen LogP) is 1.21. The maximum atomic E-state index is 11.9. The van der Waals surface area contributed by atoms with Crippen LogP contribution in [-0.2, 0) is 28.6 Å². The molecule has 24 heavy (non-hydrogen) atoms. The molecule has 0 aliphatic carbocycles. The van der Waals surface area contributed by atoms with Crippen LogP contribution in [0.2, 0.25) is 0 Å². The molecule has 2 aliphatic heterocycles. The Kier molecular flexibility index (Phi) is 5.99. The fourth-order valence-corrected chi connectivity index (χ4v) is 3.32. The summed E-state index contributed by atoms with van der Waals surface area (Å²) in [6, 6.07) is 0.215. The predicted molar refractivity (Wildman–Crippen MR) is 85.0 cm³/mol. The summed E-state index contributed by atoms with van der Waals surface area (Å²) < 4.78 is 15.7. The van der Waals surface area contributed by atoms with Gasteiger partial charge < -0.3 is 14.2 Å². The van der Waals surface area contributed by atoms with Gasteiger partial charge in [-0.15, -0.1) is 0 Å². The van der Waals surface area contributed by atoms with Gasteiger partial charge in [0.15, 0.2) is 6.61 Å². The van der Waals surface area contributed by atoms with Crippen molar-refractivity contribution in [2.75, 3.05) is 13.7 Å². The Hall–Kier alpha value is -1.89. The van der Waals surface area contributed by atoms with Crippen LogP contribution in [0.1, 0.15) is 40.0 Å². The Morgan fingerprint density at radius 2 is 1.83 bits per heavy atom. The first-order valence-corrected chi connectivity index (χ1v) is 8.20. The Morgan fingerprint density at radius 1 is 1.12 bits per heavy atom. The van der Waals surface area contributed by atoms with Crippen LogP contribution in [0.25, 0.3) is 0 Å². The molecule has 2 aliphatic rings. The van der Waals surface area contributed by atoms with E-state index < -0.39 is 11.9 Å². The number of carbonyl (C=O) groups excluding carboxylic acids is 3. The van der Waals surface area contributed by atoms with E-state index in [1.807, 2.05) is 7.05 Å². The van der Waals surface area contributed by atoms with Crippen molar-refractivity contribution >= 4 is 17.9 Å². The van der Waals surface area contributed by atoms with Crippen molar-refractivity contribution in [1.29, 1.82) is 0 Å². The van der Waals surface area contributed by atoms with Gasteiger partial charge in [-0.2, -0.15) is 0 Å². The lowest BCUT2D eigenvalue weighted by atomic mass is 10.00. The average Bonchev–Trinajstić information content (AvgIpc) is 2.71. The number of hydrogen-bond donors (Lipinski definition) is 0. The largest absolute Gasteiger partial charge is 0.459 e. The minimum absolute atomic E-state index is 0.00809. The highest BCUT2D eigenvalue weighted by atomic mass is 16.6. The van der Waals surface area contributed by atoms with Crippen LogP contribution in [-0.4, -0.2) is 60.8 Å². The number of hydrogen-bond acceptors (Lipinski definition) is 7. The molecule has 0 aromatic heterocycles. The zero-order valence-electron chi connectivity index (χ0n) is 14.6. The molecule has 134 valence electrons. The van der Waals surface area contributed by atoms with Gasteiger partial charge in [-0.25, -0.2) is 9.59 Å². The summed E-state index contributed by atoms with van der Waals surface area (Å²) in [4.78, 5) is 36.6. The number of rotatable bonds is 5. The first kappa shape index (κ1) is 18.4. The van der Waals surface area contributed by atoms with Gasteiger partial charge in [-0.05, 0) is 20.9 Å². The molecule has 1 unspecified atom stereocenters. The highest BCUT2D eigenvalue weighted by Gasteiger charge is 2.47. The van der Waals surface area contributed by atoms with Gasteiger partial charge in [-0.3, -0.25) is 9.69 Å². The van der Waals surface area contributed by atoms with Crippen LogP contribution in [0.15, 0.2) is 11.6 Å². The Bertz CT molecular complexity index is 543. The van der Waals surface area contributed by atoms with Crippen molar-refractivity contribution < 1.29 is 28.6 Å². The molecule has 0 aromatic carbocycles. The van der Waals surface area contributed by atoms with Crippen molar-refractivity contribution in [3.05, 3.63) is 11.6 Å². The second kappa shape index (κ2) is 7.79. The normalized spacial score (nSPS) is 29.9. The molecule has 4 atom stereocenters. The number of likely N-dealkylation sites (N-methyl/N-ethyl adjacent to an activating group) is 1. The van der Waals surface area contributed by atoms with E-state index in [4.69, 9.17) is 9.47 Å². The lowest BCUT2D eigenvalue weighted by molar-refractivity contribution is -0.162. The zero-order chi connectivity index (χ0) is 17.9. The molecule has 7 nitrogen and oxygen atoms in total. The van der Waals surface area contributed by atoms with E-state index >= 15 is 0 Å². The van der Waals surface area contributed by atoms with Gasteiger partial charge in [0.2, 0.25) is 0 Å². The molecule has 2 bridgehead atoms. The minimum atomic E-state index is -0.547. The SMILES string of the molecule is C/C=C(\C)C(=O)O[C@H]1C[C@H]2CC(OC(=O)COC(C)=O)[C@@H](C1)N2C. The zero-order valence-corrected chi connectivity index (χ0v) is 14.6. The third kappa shape index (κ3) is 4.35. The van der Waals surface area contributed by atoms with Gasteiger partial charge in [0.25, 0.3) is 0 Å². The van der Waals surface area contributed by atoms with Crippen molar-refractivity contribution in [2.45, 2.75) is 64.3 Å². The van der Waals surface area contributed by atoms with Gasteiger partial charge in [0, 0.05) is 37.8 Å². The van der Waals surface area contributed by atoms with E-state index in [1.165, 1.54) is 6.92 Å². The van der Waals surface area contributed by atoms with E-state index in [9.17, 15) is 14.4 Å². The van der Waals surface area contributed by atoms with E-state index in [-0.39, 0.29) is 36.9 Å². The Morgan fingerprint density at radius 3 is 2.46 bits per heavy atom. The second-order valence-electron chi connectivity index (χ2n) is 6.40. The van der Waals surface area contributed by atoms with Crippen LogP contribution in [0, 0.1) is 0 Å². The number of allylic oxidation sites excluding steroid dienone is 1. The number of fused-ring (bicyclic) bond motifs is 2. The third-order valence-corrected chi connectivity index (χ3v) is 4.78. The molecule has 0 saturated carbocycles. The summed E-state index contributed by atoms with van der Waals surface area (Å²) in [5.41, 5.74) is 0.589. The smallest absolute Gasteiger partial charge is 0.344 e. The maximum absolute atomic E-state index is 11.9. The van der Waals surface area contributed by atoms with Gasteiger partial charge >= 0.3 is 17.9 Å². The lowest BCUT2D eigenvalue weighted by Gasteiger charge is -2.36. The molecule has 0 amide bonds. The molecule has 0 N–H and O–H groups in total. The molecule has 0 radical (unpaired) electrons. The molecule has 2 rings (SSSR count). The molecule has 2 saturated heterocycles. The summed E-state index contributed by atoms with van der Waals surface area (Å²) in [6.45, 7) is 4.40. The highest BCUT2D eigenvalue weighted by Crippen LogP contribution is 2.37. The molecule has 2 heterocycles. The fourth-order valence-electron chi connectivity index (χ4n) is 3.32. The summed E-state index contributed by atoms with van der Waals surface area (Å²) in [7, 11) is 1.99. The van der Waals surface area contributed by atoms with Crippen molar-refractivity contribution in [3.8, 4) is 0 Å². The molecule has 2 fully saturated rings. The van der Waals surface area contributed by atoms with Crippen LogP contribution in [0.4, 0.5) is 0 Å². The average molecular weight is 339 g/mol. The minimum Gasteiger partial charge on any atom is -0.459 e. The number of nitrogens with zero attached hydrogens (tertiary/aromatic N) is 1. The molecular formula is C17H25NO6. The quantitative estimate of drug-likeness (QED) is 0.423. The topological polar surface area (TPSA) is 82.1 Å². The standard InChI is InChI=1S/C17H25NO6/c1-5-10(2)17(21)23-13-6-12-7-15(14(8-13)18(12)4)24-16(20)9-22-11(3)19/h5,12-15H,6-9H2,1-4H3/b10-5+/t12-,13-,14+,15?/m0/s1. The summed E-state index contributed by atoms with van der Waals surface area (Å²) in [5.74, 6) is -1.36. The van der Waals surface area contributed by atoms with Crippen LogP contribution >= 0.6 is 0 Å². The lowest BCUT2D eigenvalue weighted by Crippen LogP contribution is -2.46. The number of carbonyl (C=O) groups is 3. The summed E-state index contributed by atoms with van der Waals surface area (Å²) in [5, 5.41) is 0. The number of esters is 3. The summed E-state index contributed by atoms with van der Waals surface area (Å²) in [6.07, 6.45) is 3.34. The Labute approximate surface area is 141 Å². The molecule has 0 spiro atoms. The van der Waals surface area contributed by atoms with Gasteiger partial charge in [0.1, 0.15) is 12.2 Å². The number of piperidine rings is 1. The third-order valence-electron chi connectivity index (χ3n) is 4.78. The molecule has 0 aromatic rings. The number of ether oxygens (including phenoxy) is 3. The van der Waals surface area contributed by atoms with Gasteiger partial charge in [0.05, 0.1) is 6.04 Å². The fraction of sp³-hybridized carbons (Fsp3) is 0.706. The van der Waals surface area contributed by atoms with E-state index in [0.717, 1.165) is 6.42 Å².